The lowest BCUT2D eigenvalue weighted by molar-refractivity contribution is -0.133. The quantitative estimate of drug-likeness (QED) is 0.788. The molecular formula is C11H19ClN2O2. The van der Waals surface area contributed by atoms with E-state index in [0.29, 0.717) is 5.03 Å². The first-order valence-electron chi connectivity index (χ1n) is 5.06. The first kappa shape index (κ1) is 15.0. The number of hydrogen-bond donors (Lipinski definition) is 2. The summed E-state index contributed by atoms with van der Waals surface area (Å²) in [5.41, 5.74) is -0.509. The molecule has 0 heterocycles. The third kappa shape index (κ3) is 5.75. The molecule has 5 heteroatoms. The molecule has 0 spiro atoms. The summed E-state index contributed by atoms with van der Waals surface area (Å²) >= 11 is 5.51. The molecule has 0 saturated heterocycles. The number of carbonyl (C=O) groups excluding carboxylic acids is 2. The van der Waals surface area contributed by atoms with Crippen LogP contribution < -0.4 is 10.6 Å². The Morgan fingerprint density at radius 1 is 1.38 bits per heavy atom. The van der Waals surface area contributed by atoms with Gasteiger partial charge in [-0.2, -0.15) is 0 Å². The van der Waals surface area contributed by atoms with E-state index in [1.807, 2.05) is 0 Å². The van der Waals surface area contributed by atoms with Gasteiger partial charge in [0.25, 0.3) is 0 Å². The summed E-state index contributed by atoms with van der Waals surface area (Å²) in [5, 5.41) is 5.52. The minimum absolute atomic E-state index is 0.167. The van der Waals surface area contributed by atoms with E-state index in [4.69, 9.17) is 11.6 Å². The van der Waals surface area contributed by atoms with Gasteiger partial charge < -0.3 is 10.6 Å². The predicted molar refractivity (Wildman–Crippen MR) is 65.1 cm³/mol. The van der Waals surface area contributed by atoms with Gasteiger partial charge in [-0.15, -0.1) is 0 Å². The first-order valence-corrected chi connectivity index (χ1v) is 5.44. The van der Waals surface area contributed by atoms with E-state index in [0.717, 1.165) is 0 Å². The predicted octanol–water partition coefficient (Wildman–Crippen LogP) is 1.41. The van der Waals surface area contributed by atoms with E-state index in [1.54, 1.807) is 27.7 Å². The fourth-order valence-corrected chi connectivity index (χ4v) is 0.882. The molecule has 0 aliphatic carbocycles. The van der Waals surface area contributed by atoms with Crippen LogP contribution in [0.2, 0.25) is 0 Å². The molecule has 1 atom stereocenters. The molecule has 0 rings (SSSR count). The number of amides is 2. The lowest BCUT2D eigenvalue weighted by Crippen LogP contribution is -2.48. The summed E-state index contributed by atoms with van der Waals surface area (Å²) in [6, 6.07) is -0.581. The van der Waals surface area contributed by atoms with Gasteiger partial charge in [0.2, 0.25) is 11.8 Å². The van der Waals surface area contributed by atoms with Crippen LogP contribution in [0.3, 0.4) is 0 Å². The minimum atomic E-state index is -0.581. The summed E-state index contributed by atoms with van der Waals surface area (Å²) in [7, 11) is 0. The molecular weight excluding hydrogens is 228 g/mol. The summed E-state index contributed by atoms with van der Waals surface area (Å²) < 4.78 is 0. The third-order valence-corrected chi connectivity index (χ3v) is 2.01. The zero-order valence-corrected chi connectivity index (χ0v) is 10.9. The fourth-order valence-electron chi connectivity index (χ4n) is 0.815. The van der Waals surface area contributed by atoms with Gasteiger partial charge in [0.05, 0.1) is 6.54 Å². The monoisotopic (exact) mass is 246 g/mol. The maximum absolute atomic E-state index is 11.6. The standard InChI is InChI=1S/C11H19ClN2O2/c1-7(12)6-13-9(15)8(2)14-10(16)11(3,4)5/h8H,1,6H2,2-5H3,(H,13,15)(H,14,16). The number of carbonyl (C=O) groups is 2. The molecule has 2 amide bonds. The van der Waals surface area contributed by atoms with Crippen molar-refractivity contribution in [1.29, 1.82) is 0 Å². The van der Waals surface area contributed by atoms with E-state index in [-0.39, 0.29) is 18.4 Å². The molecule has 2 N–H and O–H groups in total. The second kappa shape index (κ2) is 5.89. The Labute approximate surface area is 101 Å². The molecule has 0 saturated carbocycles. The zero-order chi connectivity index (χ0) is 12.9. The van der Waals surface area contributed by atoms with Crippen LogP contribution in [0.4, 0.5) is 0 Å². The van der Waals surface area contributed by atoms with Crippen molar-refractivity contribution in [2.45, 2.75) is 33.7 Å². The van der Waals surface area contributed by atoms with Crippen molar-refractivity contribution in [3.05, 3.63) is 11.6 Å². The molecule has 1 unspecified atom stereocenters. The van der Waals surface area contributed by atoms with Crippen LogP contribution in [-0.4, -0.2) is 24.4 Å². The van der Waals surface area contributed by atoms with E-state index in [9.17, 15) is 9.59 Å². The second-order valence-corrected chi connectivity index (χ2v) is 5.21. The van der Waals surface area contributed by atoms with Crippen molar-refractivity contribution in [3.8, 4) is 0 Å². The van der Waals surface area contributed by atoms with Crippen LogP contribution in [0.1, 0.15) is 27.7 Å². The first-order chi connectivity index (χ1) is 7.14. The van der Waals surface area contributed by atoms with Gasteiger partial charge in [-0.05, 0) is 6.92 Å². The largest absolute Gasteiger partial charge is 0.349 e. The van der Waals surface area contributed by atoms with Crippen molar-refractivity contribution < 1.29 is 9.59 Å². The molecule has 0 aromatic rings. The SMILES string of the molecule is C=C(Cl)CNC(=O)C(C)NC(=O)C(C)(C)C. The lowest BCUT2D eigenvalue weighted by atomic mass is 9.95. The molecule has 0 aromatic heterocycles. The van der Waals surface area contributed by atoms with Gasteiger partial charge in [0.15, 0.2) is 0 Å². The van der Waals surface area contributed by atoms with Gasteiger partial charge in [-0.1, -0.05) is 39.0 Å². The second-order valence-electron chi connectivity index (χ2n) is 4.68. The highest BCUT2D eigenvalue weighted by Gasteiger charge is 2.24. The number of hydrogen-bond acceptors (Lipinski definition) is 2. The molecule has 4 nitrogen and oxygen atoms in total. The van der Waals surface area contributed by atoms with Crippen LogP contribution in [0.15, 0.2) is 11.6 Å². The lowest BCUT2D eigenvalue weighted by Gasteiger charge is -2.21. The van der Waals surface area contributed by atoms with Gasteiger partial charge in [-0.25, -0.2) is 0 Å². The van der Waals surface area contributed by atoms with Crippen molar-refractivity contribution in [3.63, 3.8) is 0 Å². The molecule has 16 heavy (non-hydrogen) atoms. The Kier molecular flexibility index (Phi) is 5.51. The van der Waals surface area contributed by atoms with Gasteiger partial charge in [0, 0.05) is 10.4 Å². The van der Waals surface area contributed by atoms with Crippen molar-refractivity contribution >= 4 is 23.4 Å². The normalized spacial score (nSPS) is 12.8. The summed E-state index contributed by atoms with van der Waals surface area (Å²) in [5.74, 6) is -0.445. The Bertz CT molecular complexity index is 295. The Morgan fingerprint density at radius 2 is 1.88 bits per heavy atom. The summed E-state index contributed by atoms with van der Waals surface area (Å²) in [6.45, 7) is 10.6. The molecule has 0 aliphatic heterocycles. The molecule has 0 fully saturated rings. The summed E-state index contributed by atoms with van der Waals surface area (Å²) in [6.07, 6.45) is 0. The number of nitrogens with one attached hydrogen (secondary N) is 2. The Morgan fingerprint density at radius 3 is 2.25 bits per heavy atom. The molecule has 0 aromatic carbocycles. The van der Waals surface area contributed by atoms with Gasteiger partial charge in [-0.3, -0.25) is 9.59 Å². The van der Waals surface area contributed by atoms with Crippen molar-refractivity contribution in [1.82, 2.24) is 10.6 Å². The third-order valence-electron chi connectivity index (χ3n) is 1.88. The van der Waals surface area contributed by atoms with E-state index in [2.05, 4.69) is 17.2 Å². The highest BCUT2D eigenvalue weighted by molar-refractivity contribution is 6.29. The van der Waals surface area contributed by atoms with E-state index in [1.165, 1.54) is 0 Å². The van der Waals surface area contributed by atoms with Crippen molar-refractivity contribution in [2.75, 3.05) is 6.54 Å². The maximum Gasteiger partial charge on any atom is 0.242 e. The minimum Gasteiger partial charge on any atom is -0.349 e. The topological polar surface area (TPSA) is 58.2 Å². The van der Waals surface area contributed by atoms with Crippen molar-refractivity contribution in [2.24, 2.45) is 5.41 Å². The van der Waals surface area contributed by atoms with Crippen LogP contribution in [0.5, 0.6) is 0 Å². The average molecular weight is 247 g/mol. The highest BCUT2D eigenvalue weighted by atomic mass is 35.5. The molecule has 0 aliphatic rings. The van der Waals surface area contributed by atoms with Gasteiger partial charge in [0.1, 0.15) is 6.04 Å². The highest BCUT2D eigenvalue weighted by Crippen LogP contribution is 2.12. The van der Waals surface area contributed by atoms with E-state index < -0.39 is 11.5 Å². The summed E-state index contributed by atoms with van der Waals surface area (Å²) in [4.78, 5) is 23.1. The van der Waals surface area contributed by atoms with Gasteiger partial charge >= 0.3 is 0 Å². The molecule has 92 valence electrons. The average Bonchev–Trinajstić information content (AvgIpc) is 2.12. The Hall–Kier alpha value is -1.03. The smallest absolute Gasteiger partial charge is 0.242 e. The van der Waals surface area contributed by atoms with Crippen LogP contribution in [0, 0.1) is 5.41 Å². The maximum atomic E-state index is 11.6. The van der Waals surface area contributed by atoms with Crippen LogP contribution in [0.25, 0.3) is 0 Å². The zero-order valence-electron chi connectivity index (χ0n) is 10.2. The molecule has 0 bridgehead atoms. The Balaban J connectivity index is 4.16. The fraction of sp³-hybridized carbons (Fsp3) is 0.636. The van der Waals surface area contributed by atoms with Crippen LogP contribution >= 0.6 is 11.6 Å². The number of halogens is 1. The van der Waals surface area contributed by atoms with Crippen LogP contribution in [-0.2, 0) is 9.59 Å². The van der Waals surface area contributed by atoms with E-state index >= 15 is 0 Å². The molecule has 0 radical (unpaired) electrons. The number of rotatable bonds is 4.